The van der Waals surface area contributed by atoms with Crippen LogP contribution in [-0.4, -0.2) is 37.3 Å². The molecule has 1 aliphatic heterocycles. The van der Waals surface area contributed by atoms with Crippen LogP contribution in [0, 0.1) is 5.92 Å². The van der Waals surface area contributed by atoms with Crippen LogP contribution in [0.1, 0.15) is 24.0 Å². The summed E-state index contributed by atoms with van der Waals surface area (Å²) < 4.78 is 51.2. The van der Waals surface area contributed by atoms with Gasteiger partial charge in [0.2, 0.25) is 0 Å². The van der Waals surface area contributed by atoms with E-state index in [1.54, 1.807) is 19.2 Å². The van der Waals surface area contributed by atoms with E-state index < -0.39 is 11.7 Å². The Morgan fingerprint density at radius 2 is 1.57 bits per heavy atom. The van der Waals surface area contributed by atoms with Crippen molar-refractivity contribution in [2.24, 2.45) is 5.92 Å². The third-order valence-corrected chi connectivity index (χ3v) is 6.91. The van der Waals surface area contributed by atoms with Gasteiger partial charge in [-0.25, -0.2) is 9.97 Å². The minimum absolute atomic E-state index is 0.243. The number of ether oxygens (including phenoxy) is 2. The van der Waals surface area contributed by atoms with Gasteiger partial charge in [-0.1, -0.05) is 42.5 Å². The summed E-state index contributed by atoms with van der Waals surface area (Å²) in [5.41, 5.74) is 1.49. The molecule has 192 valence electrons. The van der Waals surface area contributed by atoms with Gasteiger partial charge in [0, 0.05) is 30.1 Å². The van der Waals surface area contributed by atoms with E-state index >= 15 is 0 Å². The van der Waals surface area contributed by atoms with Crippen LogP contribution in [0.5, 0.6) is 11.5 Å². The quantitative estimate of drug-likeness (QED) is 0.288. The minimum Gasteiger partial charge on any atom is -0.493 e. The first-order valence-electron chi connectivity index (χ1n) is 12.3. The summed E-state index contributed by atoms with van der Waals surface area (Å²) in [4.78, 5) is 11.7. The second kappa shape index (κ2) is 10.3. The number of alkyl halides is 3. The summed E-state index contributed by atoms with van der Waals surface area (Å²) in [5.74, 6) is 2.54. The summed E-state index contributed by atoms with van der Waals surface area (Å²) >= 11 is 0. The molecule has 0 spiro atoms. The number of methoxy groups -OCH3 is 2. The highest BCUT2D eigenvalue weighted by atomic mass is 19.4. The maximum Gasteiger partial charge on any atom is 0.416 e. The van der Waals surface area contributed by atoms with Crippen LogP contribution in [0.2, 0.25) is 0 Å². The summed E-state index contributed by atoms with van der Waals surface area (Å²) in [6.07, 6.45) is -1.44. The van der Waals surface area contributed by atoms with Crippen molar-refractivity contribution in [3.8, 4) is 22.9 Å². The third-order valence-electron chi connectivity index (χ3n) is 6.91. The Hall–Kier alpha value is -3.81. The summed E-state index contributed by atoms with van der Waals surface area (Å²) in [6, 6.07) is 19.2. The molecule has 1 saturated heterocycles. The van der Waals surface area contributed by atoms with Crippen LogP contribution in [0.3, 0.4) is 0 Å². The second-order valence-electron chi connectivity index (χ2n) is 9.29. The van der Waals surface area contributed by atoms with E-state index in [-0.39, 0.29) is 5.82 Å². The molecule has 5 rings (SSSR count). The topological polar surface area (TPSA) is 47.5 Å². The Morgan fingerprint density at radius 3 is 2.24 bits per heavy atom. The molecule has 3 aromatic carbocycles. The van der Waals surface area contributed by atoms with Crippen molar-refractivity contribution in [1.82, 2.24) is 9.97 Å². The van der Waals surface area contributed by atoms with Crippen LogP contribution < -0.4 is 14.4 Å². The van der Waals surface area contributed by atoms with Crippen molar-refractivity contribution < 1.29 is 22.6 Å². The molecule has 0 atom stereocenters. The lowest BCUT2D eigenvalue weighted by atomic mass is 9.90. The number of rotatable bonds is 6. The first kappa shape index (κ1) is 24.9. The average Bonchev–Trinajstić information content (AvgIpc) is 2.92. The smallest absolute Gasteiger partial charge is 0.416 e. The zero-order chi connectivity index (χ0) is 26.0. The molecular weight excluding hydrogens is 479 g/mol. The number of halogens is 3. The van der Waals surface area contributed by atoms with Crippen molar-refractivity contribution in [3.63, 3.8) is 0 Å². The van der Waals surface area contributed by atoms with E-state index in [4.69, 9.17) is 14.5 Å². The van der Waals surface area contributed by atoms with Crippen LogP contribution in [-0.2, 0) is 12.6 Å². The van der Waals surface area contributed by atoms with Gasteiger partial charge in [-0.2, -0.15) is 13.2 Å². The number of aromatic nitrogens is 2. The number of piperidine rings is 1. The van der Waals surface area contributed by atoms with Crippen LogP contribution >= 0.6 is 0 Å². The molecule has 0 saturated carbocycles. The molecule has 4 aromatic rings. The summed E-state index contributed by atoms with van der Waals surface area (Å²) in [5, 5.41) is 0.773. The van der Waals surface area contributed by atoms with Crippen LogP contribution in [0.4, 0.5) is 19.0 Å². The van der Waals surface area contributed by atoms with E-state index in [1.165, 1.54) is 18.7 Å². The molecular formula is C29H28F3N3O2. The summed E-state index contributed by atoms with van der Waals surface area (Å²) in [6.45, 7) is 1.58. The lowest BCUT2D eigenvalue weighted by Crippen LogP contribution is -2.35. The number of fused-ring (bicyclic) bond motifs is 1. The average molecular weight is 508 g/mol. The van der Waals surface area contributed by atoms with Gasteiger partial charge >= 0.3 is 6.18 Å². The molecule has 0 bridgehead atoms. The largest absolute Gasteiger partial charge is 0.493 e. The van der Waals surface area contributed by atoms with Crippen LogP contribution in [0.15, 0.2) is 66.7 Å². The highest BCUT2D eigenvalue weighted by Gasteiger charge is 2.31. The van der Waals surface area contributed by atoms with Crippen molar-refractivity contribution in [1.29, 1.82) is 0 Å². The first-order valence-corrected chi connectivity index (χ1v) is 12.3. The Morgan fingerprint density at radius 1 is 0.865 bits per heavy atom. The lowest BCUT2D eigenvalue weighted by Gasteiger charge is -2.33. The van der Waals surface area contributed by atoms with Gasteiger partial charge in [-0.3, -0.25) is 0 Å². The van der Waals surface area contributed by atoms with Gasteiger partial charge in [0.15, 0.2) is 17.3 Å². The zero-order valence-electron chi connectivity index (χ0n) is 20.8. The highest BCUT2D eigenvalue weighted by Crippen LogP contribution is 2.38. The molecule has 8 heteroatoms. The molecule has 1 fully saturated rings. The Labute approximate surface area is 213 Å². The van der Waals surface area contributed by atoms with E-state index in [9.17, 15) is 13.2 Å². The number of benzene rings is 3. The predicted molar refractivity (Wildman–Crippen MR) is 138 cm³/mol. The lowest BCUT2D eigenvalue weighted by molar-refractivity contribution is -0.137. The molecule has 1 aromatic heterocycles. The highest BCUT2D eigenvalue weighted by molar-refractivity contribution is 5.93. The molecule has 0 unspecified atom stereocenters. The minimum atomic E-state index is -4.45. The Bertz CT molecular complexity index is 1380. The van der Waals surface area contributed by atoms with Crippen molar-refractivity contribution >= 4 is 16.7 Å². The molecule has 2 heterocycles. The third kappa shape index (κ3) is 5.33. The van der Waals surface area contributed by atoms with Gasteiger partial charge in [0.05, 0.1) is 25.3 Å². The van der Waals surface area contributed by atoms with Gasteiger partial charge in [0.25, 0.3) is 0 Å². The van der Waals surface area contributed by atoms with E-state index in [2.05, 4.69) is 34.1 Å². The van der Waals surface area contributed by atoms with Crippen LogP contribution in [0.25, 0.3) is 22.3 Å². The SMILES string of the molecule is COc1cc2nc(-c3cccc(C(F)(F)F)c3)nc(N3CCC(Cc4ccccc4)CC3)c2cc1OC. The molecule has 0 amide bonds. The Balaban J connectivity index is 1.53. The zero-order valence-corrected chi connectivity index (χ0v) is 20.8. The molecule has 37 heavy (non-hydrogen) atoms. The molecule has 0 radical (unpaired) electrons. The first-order chi connectivity index (χ1) is 17.9. The molecule has 0 aliphatic carbocycles. The normalized spacial score (nSPS) is 14.7. The van der Waals surface area contributed by atoms with Gasteiger partial charge in [-0.15, -0.1) is 0 Å². The number of hydrogen-bond acceptors (Lipinski definition) is 5. The van der Waals surface area contributed by atoms with Gasteiger partial charge < -0.3 is 14.4 Å². The standard InChI is InChI=1S/C29H28F3N3O2/c1-36-25-17-23-24(18-26(25)37-2)33-27(21-9-6-10-22(16-21)29(30,31)32)34-28(23)35-13-11-20(12-14-35)15-19-7-4-3-5-8-19/h3-10,16-18,20H,11-15H2,1-2H3. The maximum atomic E-state index is 13.4. The van der Waals surface area contributed by atoms with E-state index in [0.717, 1.165) is 49.9 Å². The number of hydrogen-bond donors (Lipinski definition) is 0. The van der Waals surface area contributed by atoms with Crippen molar-refractivity contribution in [3.05, 3.63) is 77.9 Å². The van der Waals surface area contributed by atoms with Gasteiger partial charge in [-0.05, 0) is 48.9 Å². The van der Waals surface area contributed by atoms with Crippen molar-refractivity contribution in [2.75, 3.05) is 32.2 Å². The molecule has 5 nitrogen and oxygen atoms in total. The fourth-order valence-corrected chi connectivity index (χ4v) is 4.94. The fraction of sp³-hybridized carbons (Fsp3) is 0.310. The fourth-order valence-electron chi connectivity index (χ4n) is 4.94. The number of nitrogens with zero attached hydrogens (tertiary/aromatic N) is 3. The maximum absolute atomic E-state index is 13.4. The monoisotopic (exact) mass is 507 g/mol. The Kier molecular flexibility index (Phi) is 6.91. The predicted octanol–water partition coefficient (Wildman–Crippen LogP) is 6.79. The number of anilines is 1. The van der Waals surface area contributed by atoms with Gasteiger partial charge in [0.1, 0.15) is 5.82 Å². The molecule has 1 aliphatic rings. The van der Waals surface area contributed by atoms with E-state index in [0.29, 0.717) is 34.3 Å². The van der Waals surface area contributed by atoms with Crippen molar-refractivity contribution in [2.45, 2.75) is 25.4 Å². The second-order valence-corrected chi connectivity index (χ2v) is 9.29. The molecule has 0 N–H and O–H groups in total. The van der Waals surface area contributed by atoms with E-state index in [1.807, 2.05) is 12.1 Å². The summed E-state index contributed by atoms with van der Waals surface area (Å²) in [7, 11) is 3.10.